The van der Waals surface area contributed by atoms with E-state index in [9.17, 15) is 4.79 Å². The summed E-state index contributed by atoms with van der Waals surface area (Å²) in [4.78, 5) is 14.3. The van der Waals surface area contributed by atoms with Gasteiger partial charge in [0.1, 0.15) is 11.4 Å². The lowest BCUT2D eigenvalue weighted by atomic mass is 10.3. The molecule has 66 valence electrons. The fourth-order valence-corrected chi connectivity index (χ4v) is 0.833. The highest BCUT2D eigenvalue weighted by Gasteiger charge is 2.02. The lowest BCUT2D eigenvalue weighted by Gasteiger charge is -1.92. The van der Waals surface area contributed by atoms with Gasteiger partial charge in [-0.3, -0.25) is 0 Å². The SMILES string of the molecule is O=C(O)c1cccc(C#CCS)n1. The molecule has 0 aliphatic heterocycles. The van der Waals surface area contributed by atoms with Crippen LogP contribution in [0.1, 0.15) is 16.2 Å². The number of carboxylic acids is 1. The van der Waals surface area contributed by atoms with Crippen molar-refractivity contribution in [2.24, 2.45) is 0 Å². The van der Waals surface area contributed by atoms with Gasteiger partial charge in [-0.25, -0.2) is 9.78 Å². The summed E-state index contributed by atoms with van der Waals surface area (Å²) in [6, 6.07) is 4.69. The van der Waals surface area contributed by atoms with Gasteiger partial charge in [0.2, 0.25) is 0 Å². The van der Waals surface area contributed by atoms with Crippen molar-refractivity contribution in [1.29, 1.82) is 0 Å². The second-order valence-corrected chi connectivity index (χ2v) is 2.49. The molecule has 1 aromatic heterocycles. The van der Waals surface area contributed by atoms with Crippen LogP contribution in [0, 0.1) is 11.8 Å². The molecule has 0 amide bonds. The van der Waals surface area contributed by atoms with Gasteiger partial charge >= 0.3 is 5.97 Å². The first-order valence-electron chi connectivity index (χ1n) is 3.54. The highest BCUT2D eigenvalue weighted by molar-refractivity contribution is 7.80. The monoisotopic (exact) mass is 193 g/mol. The summed E-state index contributed by atoms with van der Waals surface area (Å²) < 4.78 is 0. The molecule has 0 atom stereocenters. The van der Waals surface area contributed by atoms with Gasteiger partial charge in [-0.15, -0.1) is 0 Å². The van der Waals surface area contributed by atoms with Crippen molar-refractivity contribution in [1.82, 2.24) is 4.98 Å². The van der Waals surface area contributed by atoms with Crippen LogP contribution in [0.3, 0.4) is 0 Å². The normalized spacial score (nSPS) is 8.69. The number of aromatic carboxylic acids is 1. The smallest absolute Gasteiger partial charge is 0.354 e. The molecular formula is C9H7NO2S. The third-order valence-corrected chi connectivity index (χ3v) is 1.42. The zero-order valence-electron chi connectivity index (χ0n) is 6.69. The molecule has 0 unspecified atom stereocenters. The third kappa shape index (κ3) is 2.80. The molecule has 0 aliphatic carbocycles. The van der Waals surface area contributed by atoms with E-state index in [1.807, 2.05) is 0 Å². The first kappa shape index (κ1) is 9.62. The van der Waals surface area contributed by atoms with Crippen LogP contribution in [-0.2, 0) is 0 Å². The Morgan fingerprint density at radius 1 is 1.62 bits per heavy atom. The van der Waals surface area contributed by atoms with Crippen LogP contribution in [0.5, 0.6) is 0 Å². The van der Waals surface area contributed by atoms with E-state index in [1.165, 1.54) is 6.07 Å². The molecule has 0 saturated carbocycles. The van der Waals surface area contributed by atoms with E-state index in [0.29, 0.717) is 11.4 Å². The first-order chi connectivity index (χ1) is 6.24. The number of nitrogens with zero attached hydrogens (tertiary/aromatic N) is 1. The molecule has 0 spiro atoms. The van der Waals surface area contributed by atoms with Gasteiger partial charge in [0.25, 0.3) is 0 Å². The van der Waals surface area contributed by atoms with Gasteiger partial charge in [0.15, 0.2) is 0 Å². The maximum Gasteiger partial charge on any atom is 0.354 e. The van der Waals surface area contributed by atoms with Gasteiger partial charge in [0.05, 0.1) is 5.75 Å². The molecule has 1 rings (SSSR count). The minimum absolute atomic E-state index is 0.00552. The second-order valence-electron chi connectivity index (χ2n) is 2.17. The Balaban J connectivity index is 2.98. The van der Waals surface area contributed by atoms with E-state index in [0.717, 1.165) is 0 Å². The Hall–Kier alpha value is -1.47. The van der Waals surface area contributed by atoms with Crippen molar-refractivity contribution in [3.8, 4) is 11.8 Å². The average Bonchev–Trinajstić information content (AvgIpc) is 2.15. The number of carbonyl (C=O) groups is 1. The first-order valence-corrected chi connectivity index (χ1v) is 4.17. The van der Waals surface area contributed by atoms with Crippen molar-refractivity contribution in [3.05, 3.63) is 29.6 Å². The van der Waals surface area contributed by atoms with E-state index in [1.54, 1.807) is 12.1 Å². The predicted molar refractivity (Wildman–Crippen MR) is 51.9 cm³/mol. The van der Waals surface area contributed by atoms with Gasteiger partial charge in [-0.05, 0) is 18.1 Å². The lowest BCUT2D eigenvalue weighted by Crippen LogP contribution is -2.00. The van der Waals surface area contributed by atoms with Gasteiger partial charge in [-0.1, -0.05) is 12.0 Å². The summed E-state index contributed by atoms with van der Waals surface area (Å²) >= 11 is 3.90. The molecule has 3 nitrogen and oxygen atoms in total. The van der Waals surface area contributed by atoms with Crippen LogP contribution in [-0.4, -0.2) is 21.8 Å². The van der Waals surface area contributed by atoms with Crippen LogP contribution >= 0.6 is 12.6 Å². The summed E-state index contributed by atoms with van der Waals surface area (Å²) in [5.74, 6) is 4.76. The van der Waals surface area contributed by atoms with Gasteiger partial charge in [0, 0.05) is 0 Å². The van der Waals surface area contributed by atoms with Crippen LogP contribution in [0.25, 0.3) is 0 Å². The fourth-order valence-electron chi connectivity index (χ4n) is 0.754. The van der Waals surface area contributed by atoms with Crippen LogP contribution < -0.4 is 0 Å². The standard InChI is InChI=1S/C9H7NO2S/c11-9(12)8-5-1-3-7(10-8)4-2-6-13/h1,3,5,13H,6H2,(H,11,12). The number of rotatable bonds is 1. The van der Waals surface area contributed by atoms with Crippen LogP contribution in [0.4, 0.5) is 0 Å². The molecule has 1 N–H and O–H groups in total. The predicted octanol–water partition coefficient (Wildman–Crippen LogP) is 1.06. The van der Waals surface area contributed by atoms with Crippen LogP contribution in [0.15, 0.2) is 18.2 Å². The number of hydrogen-bond donors (Lipinski definition) is 2. The number of thiol groups is 1. The summed E-state index contributed by atoms with van der Waals surface area (Å²) in [5, 5.41) is 8.61. The summed E-state index contributed by atoms with van der Waals surface area (Å²) in [7, 11) is 0. The highest BCUT2D eigenvalue weighted by atomic mass is 32.1. The van der Waals surface area contributed by atoms with E-state index < -0.39 is 5.97 Å². The fraction of sp³-hybridized carbons (Fsp3) is 0.111. The largest absolute Gasteiger partial charge is 0.477 e. The van der Waals surface area contributed by atoms with Crippen molar-refractivity contribution >= 4 is 18.6 Å². The Labute approximate surface area is 81.2 Å². The Morgan fingerprint density at radius 2 is 2.38 bits per heavy atom. The average molecular weight is 193 g/mol. The quantitative estimate of drug-likeness (QED) is 0.518. The maximum absolute atomic E-state index is 10.5. The minimum atomic E-state index is -1.05. The molecule has 0 radical (unpaired) electrons. The lowest BCUT2D eigenvalue weighted by molar-refractivity contribution is 0.0690. The highest BCUT2D eigenvalue weighted by Crippen LogP contribution is 1.97. The summed E-state index contributed by atoms with van der Waals surface area (Å²) in [6.45, 7) is 0. The second kappa shape index (κ2) is 4.53. The molecule has 0 aliphatic rings. The zero-order valence-corrected chi connectivity index (χ0v) is 7.58. The molecule has 0 bridgehead atoms. The molecule has 1 aromatic rings. The van der Waals surface area contributed by atoms with E-state index in [4.69, 9.17) is 5.11 Å². The minimum Gasteiger partial charge on any atom is -0.477 e. The zero-order chi connectivity index (χ0) is 9.68. The topological polar surface area (TPSA) is 50.2 Å². The number of pyridine rings is 1. The van der Waals surface area contributed by atoms with Crippen molar-refractivity contribution in [2.75, 3.05) is 5.75 Å². The molecule has 13 heavy (non-hydrogen) atoms. The Bertz CT molecular complexity index is 379. The van der Waals surface area contributed by atoms with Crippen molar-refractivity contribution in [3.63, 3.8) is 0 Å². The third-order valence-electron chi connectivity index (χ3n) is 1.26. The van der Waals surface area contributed by atoms with E-state index in [-0.39, 0.29) is 5.69 Å². The molecule has 0 fully saturated rings. The molecule has 0 saturated heterocycles. The molecule has 1 heterocycles. The number of aromatic nitrogens is 1. The molecular weight excluding hydrogens is 186 g/mol. The van der Waals surface area contributed by atoms with E-state index >= 15 is 0 Å². The summed E-state index contributed by atoms with van der Waals surface area (Å²) in [6.07, 6.45) is 0. The van der Waals surface area contributed by atoms with Crippen LogP contribution in [0.2, 0.25) is 0 Å². The number of hydrogen-bond acceptors (Lipinski definition) is 3. The molecule has 0 aromatic carbocycles. The van der Waals surface area contributed by atoms with E-state index in [2.05, 4.69) is 29.5 Å². The van der Waals surface area contributed by atoms with Gasteiger partial charge < -0.3 is 5.11 Å². The summed E-state index contributed by atoms with van der Waals surface area (Å²) in [5.41, 5.74) is 0.458. The van der Waals surface area contributed by atoms with Gasteiger partial charge in [-0.2, -0.15) is 12.6 Å². The Morgan fingerprint density at radius 3 is 3.00 bits per heavy atom. The molecule has 4 heteroatoms. The number of carboxylic acid groups (broad SMARTS) is 1. The Kier molecular flexibility index (Phi) is 3.35. The van der Waals surface area contributed by atoms with Crippen molar-refractivity contribution in [2.45, 2.75) is 0 Å². The van der Waals surface area contributed by atoms with Crippen molar-refractivity contribution < 1.29 is 9.90 Å². The maximum atomic E-state index is 10.5.